The van der Waals surface area contributed by atoms with Gasteiger partial charge in [-0.1, -0.05) is 54.6 Å². The van der Waals surface area contributed by atoms with E-state index >= 15 is 0 Å². The lowest BCUT2D eigenvalue weighted by Gasteiger charge is -2.26. The zero-order valence-corrected chi connectivity index (χ0v) is 12.9. The number of hydrazine groups is 1. The van der Waals surface area contributed by atoms with Crippen LogP contribution in [0.3, 0.4) is 0 Å². The highest BCUT2D eigenvalue weighted by Gasteiger charge is 2.08. The lowest BCUT2D eigenvalue weighted by Crippen LogP contribution is -2.24. The number of benzene rings is 3. The van der Waals surface area contributed by atoms with E-state index in [-0.39, 0.29) is 0 Å². The molecule has 0 radical (unpaired) electrons. The summed E-state index contributed by atoms with van der Waals surface area (Å²) in [5.41, 5.74) is 6.70. The van der Waals surface area contributed by atoms with Gasteiger partial charge in [-0.05, 0) is 36.4 Å². The second-order valence-corrected chi connectivity index (χ2v) is 4.77. The molecule has 0 aliphatic rings. The zero-order chi connectivity index (χ0) is 17.2. The number of nitrogens with zero attached hydrogens (tertiary/aromatic N) is 1. The minimum atomic E-state index is -1.83. The fourth-order valence-corrected chi connectivity index (χ4v) is 2.07. The van der Waals surface area contributed by atoms with Crippen molar-refractivity contribution in [2.45, 2.75) is 0 Å². The van der Waals surface area contributed by atoms with Crippen LogP contribution in [0.5, 0.6) is 0 Å². The van der Waals surface area contributed by atoms with Crippen molar-refractivity contribution in [1.82, 2.24) is 0 Å². The molecule has 5 heteroatoms. The fraction of sp³-hybridized carbons (Fsp3) is 0. The maximum absolute atomic E-state index is 8.56. The Morgan fingerprint density at radius 1 is 0.667 bits per heavy atom. The van der Waals surface area contributed by atoms with E-state index in [4.69, 9.17) is 15.0 Å². The molecule has 24 heavy (non-hydrogen) atoms. The molecule has 0 aromatic heterocycles. The number of rotatable bonds is 4. The average molecular weight is 322 g/mol. The van der Waals surface area contributed by atoms with Gasteiger partial charge in [0.05, 0.1) is 17.1 Å². The summed E-state index contributed by atoms with van der Waals surface area (Å²) in [4.78, 5) is 8.56. The number of hydrogen-bond acceptors (Lipinski definition) is 3. The molecule has 3 aromatic rings. The SMILES string of the molecule is O=C(O)O.c1ccc(NN(c2ccccc2)c2ccccc2)cc1. The molecule has 0 fully saturated rings. The van der Waals surface area contributed by atoms with Gasteiger partial charge in [-0.3, -0.25) is 10.4 Å². The van der Waals surface area contributed by atoms with Gasteiger partial charge in [0.15, 0.2) is 0 Å². The van der Waals surface area contributed by atoms with Crippen LogP contribution in [0.2, 0.25) is 0 Å². The number of para-hydroxylation sites is 3. The van der Waals surface area contributed by atoms with Crippen LogP contribution in [0.1, 0.15) is 0 Å². The van der Waals surface area contributed by atoms with Crippen LogP contribution in [0.25, 0.3) is 0 Å². The molecule has 0 saturated heterocycles. The summed E-state index contributed by atoms with van der Waals surface area (Å²) < 4.78 is 0. The molecule has 0 aliphatic carbocycles. The lowest BCUT2D eigenvalue weighted by atomic mass is 10.2. The normalized spacial score (nSPS) is 9.33. The van der Waals surface area contributed by atoms with Crippen molar-refractivity contribution in [2.75, 3.05) is 10.4 Å². The average Bonchev–Trinajstić information content (AvgIpc) is 2.62. The summed E-state index contributed by atoms with van der Waals surface area (Å²) >= 11 is 0. The zero-order valence-electron chi connectivity index (χ0n) is 12.9. The third kappa shape index (κ3) is 5.38. The molecular formula is C19H18N2O3. The minimum absolute atomic E-state index is 1.06. The quantitative estimate of drug-likeness (QED) is 0.585. The van der Waals surface area contributed by atoms with Crippen molar-refractivity contribution in [3.8, 4) is 0 Å². The van der Waals surface area contributed by atoms with Gasteiger partial charge >= 0.3 is 6.16 Å². The second kappa shape index (κ2) is 8.85. The number of carboxylic acid groups (broad SMARTS) is 2. The van der Waals surface area contributed by atoms with Crippen molar-refractivity contribution in [1.29, 1.82) is 0 Å². The topological polar surface area (TPSA) is 72.8 Å². The van der Waals surface area contributed by atoms with Crippen LogP contribution in [0, 0.1) is 0 Å². The van der Waals surface area contributed by atoms with Gasteiger partial charge in [-0.25, -0.2) is 4.79 Å². The van der Waals surface area contributed by atoms with Crippen LogP contribution >= 0.6 is 0 Å². The Morgan fingerprint density at radius 3 is 1.38 bits per heavy atom. The molecule has 122 valence electrons. The fourth-order valence-electron chi connectivity index (χ4n) is 2.07. The first-order chi connectivity index (χ1) is 11.7. The van der Waals surface area contributed by atoms with Crippen LogP contribution in [0.15, 0.2) is 91.0 Å². The summed E-state index contributed by atoms with van der Waals surface area (Å²) in [6.45, 7) is 0. The standard InChI is InChI=1S/C18H16N2.CH2O3/c1-4-10-16(11-5-1)19-20(17-12-6-2-7-13-17)18-14-8-3-9-15-18;2-1(3)4/h1-15,19H;(H2,2,3,4). The van der Waals surface area contributed by atoms with Crippen molar-refractivity contribution < 1.29 is 15.0 Å². The summed E-state index contributed by atoms with van der Waals surface area (Å²) in [5, 5.41) is 16.0. The summed E-state index contributed by atoms with van der Waals surface area (Å²) in [5.74, 6) is 0. The van der Waals surface area contributed by atoms with Gasteiger partial charge in [0.1, 0.15) is 0 Å². The first-order valence-electron chi connectivity index (χ1n) is 7.30. The van der Waals surface area contributed by atoms with E-state index in [2.05, 4.69) is 46.8 Å². The highest BCUT2D eigenvalue weighted by molar-refractivity contribution is 5.67. The Labute approximate surface area is 140 Å². The van der Waals surface area contributed by atoms with Crippen molar-refractivity contribution in [2.24, 2.45) is 0 Å². The van der Waals surface area contributed by atoms with Gasteiger partial charge in [0.25, 0.3) is 0 Å². The number of nitrogens with one attached hydrogen (secondary N) is 1. The number of hydrogen-bond donors (Lipinski definition) is 3. The number of anilines is 3. The van der Waals surface area contributed by atoms with E-state index < -0.39 is 6.16 Å². The first kappa shape index (κ1) is 16.9. The Kier molecular flexibility index (Phi) is 6.23. The van der Waals surface area contributed by atoms with E-state index in [1.54, 1.807) is 0 Å². The van der Waals surface area contributed by atoms with E-state index in [0.717, 1.165) is 17.1 Å². The molecule has 0 spiro atoms. The Balaban J connectivity index is 0.000000471. The molecule has 0 heterocycles. The summed E-state index contributed by atoms with van der Waals surface area (Å²) in [6.07, 6.45) is -1.83. The summed E-state index contributed by atoms with van der Waals surface area (Å²) in [6, 6.07) is 30.7. The Morgan fingerprint density at radius 2 is 1.00 bits per heavy atom. The predicted octanol–water partition coefficient (Wildman–Crippen LogP) is 5.07. The van der Waals surface area contributed by atoms with Gasteiger partial charge in [-0.15, -0.1) is 0 Å². The Bertz CT molecular complexity index is 691. The molecule has 0 saturated carbocycles. The van der Waals surface area contributed by atoms with Crippen LogP contribution in [-0.2, 0) is 0 Å². The lowest BCUT2D eigenvalue weighted by molar-refractivity contribution is 0.137. The van der Waals surface area contributed by atoms with Crippen LogP contribution < -0.4 is 10.4 Å². The van der Waals surface area contributed by atoms with Crippen molar-refractivity contribution in [3.63, 3.8) is 0 Å². The van der Waals surface area contributed by atoms with E-state index in [1.807, 2.05) is 54.6 Å². The van der Waals surface area contributed by atoms with Crippen LogP contribution in [-0.4, -0.2) is 16.4 Å². The van der Waals surface area contributed by atoms with Gasteiger partial charge < -0.3 is 10.2 Å². The smallest absolute Gasteiger partial charge is 0.450 e. The van der Waals surface area contributed by atoms with Crippen LogP contribution in [0.4, 0.5) is 21.9 Å². The second-order valence-electron chi connectivity index (χ2n) is 4.77. The molecule has 0 aliphatic heterocycles. The molecule has 0 bridgehead atoms. The van der Waals surface area contributed by atoms with E-state index in [0.29, 0.717) is 0 Å². The van der Waals surface area contributed by atoms with Crippen molar-refractivity contribution >= 4 is 23.2 Å². The van der Waals surface area contributed by atoms with Gasteiger partial charge in [-0.2, -0.15) is 0 Å². The molecule has 0 atom stereocenters. The monoisotopic (exact) mass is 322 g/mol. The third-order valence-corrected chi connectivity index (χ3v) is 3.04. The maximum atomic E-state index is 8.56. The van der Waals surface area contributed by atoms with E-state index in [1.165, 1.54) is 0 Å². The van der Waals surface area contributed by atoms with Gasteiger partial charge in [0, 0.05) is 0 Å². The molecule has 3 rings (SSSR count). The Hall–Kier alpha value is -3.47. The molecule has 3 aromatic carbocycles. The van der Waals surface area contributed by atoms with E-state index in [9.17, 15) is 0 Å². The largest absolute Gasteiger partial charge is 0.503 e. The molecular weight excluding hydrogens is 304 g/mol. The first-order valence-corrected chi connectivity index (χ1v) is 7.30. The third-order valence-electron chi connectivity index (χ3n) is 3.04. The minimum Gasteiger partial charge on any atom is -0.450 e. The predicted molar refractivity (Wildman–Crippen MR) is 95.7 cm³/mol. The van der Waals surface area contributed by atoms with Gasteiger partial charge in [0.2, 0.25) is 0 Å². The summed E-state index contributed by atoms with van der Waals surface area (Å²) in [7, 11) is 0. The highest BCUT2D eigenvalue weighted by Crippen LogP contribution is 2.25. The molecule has 0 unspecified atom stereocenters. The van der Waals surface area contributed by atoms with Crippen molar-refractivity contribution in [3.05, 3.63) is 91.0 Å². The molecule has 5 nitrogen and oxygen atoms in total. The molecule has 0 amide bonds. The molecule has 3 N–H and O–H groups in total. The maximum Gasteiger partial charge on any atom is 0.503 e. The number of carbonyl (C=O) groups is 1. The highest BCUT2D eigenvalue weighted by atomic mass is 16.6.